The summed E-state index contributed by atoms with van der Waals surface area (Å²) in [5.74, 6) is 0. The summed E-state index contributed by atoms with van der Waals surface area (Å²) in [5.41, 5.74) is 18.7. The van der Waals surface area contributed by atoms with Gasteiger partial charge in [0.05, 0.1) is 11.0 Å². The minimum atomic E-state index is 1.08. The van der Waals surface area contributed by atoms with Gasteiger partial charge in [-0.15, -0.1) is 0 Å². The zero-order chi connectivity index (χ0) is 43.8. The van der Waals surface area contributed by atoms with Gasteiger partial charge in [0.15, 0.2) is 0 Å². The number of nitrogens with zero attached hydrogens (tertiary/aromatic N) is 2. The van der Waals surface area contributed by atoms with Gasteiger partial charge >= 0.3 is 0 Å². The zero-order valence-corrected chi connectivity index (χ0v) is 36.3. The third kappa shape index (κ3) is 7.12. The standard InChI is InChI=1S/C64H44N2/c1-5-18-45(19-6-1)48-32-36-56(37-33-48)65(57-38-34-49(35-39-57)54-41-52(46-20-7-2-8-21-46)40-53(42-54)47-22-9-3-10-23-47)58-28-17-25-50(43-58)61-44-51-24-13-14-29-59(51)64-63(61)60-30-15-16-31-62(60)66(64)55-26-11-4-12-27-55/h1-44H. The number of anilines is 3. The highest BCUT2D eigenvalue weighted by Crippen LogP contribution is 2.45. The van der Waals surface area contributed by atoms with E-state index >= 15 is 0 Å². The SMILES string of the molecule is c1ccc(-c2ccc(N(c3ccc(-c4cc(-c5ccccc5)cc(-c5ccccc5)c4)cc3)c3cccc(-c4cc5ccccc5c5c4c4ccccc4n5-c4ccccc4)c3)cc2)cc1. The summed E-state index contributed by atoms with van der Waals surface area (Å²) < 4.78 is 2.45. The van der Waals surface area contributed by atoms with Gasteiger partial charge in [0.25, 0.3) is 0 Å². The van der Waals surface area contributed by atoms with Crippen LogP contribution in [0.3, 0.4) is 0 Å². The van der Waals surface area contributed by atoms with E-state index in [9.17, 15) is 0 Å². The topological polar surface area (TPSA) is 8.17 Å². The average molecular weight is 841 g/mol. The van der Waals surface area contributed by atoms with Crippen molar-refractivity contribution in [1.29, 1.82) is 0 Å². The molecule has 310 valence electrons. The van der Waals surface area contributed by atoms with E-state index in [4.69, 9.17) is 0 Å². The molecule has 2 nitrogen and oxygen atoms in total. The Balaban J connectivity index is 1.02. The van der Waals surface area contributed by atoms with E-state index in [2.05, 4.69) is 276 Å². The van der Waals surface area contributed by atoms with Crippen molar-refractivity contribution in [2.75, 3.05) is 4.90 Å². The second kappa shape index (κ2) is 16.8. The predicted octanol–water partition coefficient (Wildman–Crippen LogP) is 17.7. The van der Waals surface area contributed by atoms with Crippen molar-refractivity contribution in [3.05, 3.63) is 267 Å². The largest absolute Gasteiger partial charge is 0.310 e. The molecule has 0 aliphatic carbocycles. The van der Waals surface area contributed by atoms with Crippen LogP contribution >= 0.6 is 0 Å². The first-order chi connectivity index (χ1) is 32.7. The van der Waals surface area contributed by atoms with E-state index in [1.165, 1.54) is 77.1 Å². The van der Waals surface area contributed by atoms with Crippen molar-refractivity contribution in [2.45, 2.75) is 0 Å². The van der Waals surface area contributed by atoms with Crippen LogP contribution in [0.25, 0.3) is 93.9 Å². The van der Waals surface area contributed by atoms with Gasteiger partial charge < -0.3 is 9.47 Å². The fourth-order valence-corrected chi connectivity index (χ4v) is 9.79. The molecule has 0 atom stereocenters. The van der Waals surface area contributed by atoms with Gasteiger partial charge in [0.2, 0.25) is 0 Å². The maximum Gasteiger partial charge on any atom is 0.0625 e. The lowest BCUT2D eigenvalue weighted by Crippen LogP contribution is -2.10. The number of para-hydroxylation sites is 2. The molecule has 12 rings (SSSR count). The van der Waals surface area contributed by atoms with Crippen LogP contribution in [0.2, 0.25) is 0 Å². The van der Waals surface area contributed by atoms with Gasteiger partial charge in [-0.05, 0) is 140 Å². The van der Waals surface area contributed by atoms with Crippen LogP contribution in [0.5, 0.6) is 0 Å². The first kappa shape index (κ1) is 38.9. The number of hydrogen-bond acceptors (Lipinski definition) is 1. The van der Waals surface area contributed by atoms with Crippen LogP contribution < -0.4 is 4.90 Å². The third-order valence-electron chi connectivity index (χ3n) is 12.9. The van der Waals surface area contributed by atoms with Gasteiger partial charge in [0.1, 0.15) is 0 Å². The fraction of sp³-hybridized carbons (Fsp3) is 0. The number of benzene rings is 11. The lowest BCUT2D eigenvalue weighted by atomic mass is 9.93. The van der Waals surface area contributed by atoms with E-state index in [0.29, 0.717) is 0 Å². The summed E-state index contributed by atoms with van der Waals surface area (Å²) in [7, 11) is 0. The highest BCUT2D eigenvalue weighted by molar-refractivity contribution is 6.24. The summed E-state index contributed by atoms with van der Waals surface area (Å²) in [4.78, 5) is 2.39. The fourth-order valence-electron chi connectivity index (χ4n) is 9.79. The molecule has 0 spiro atoms. The molecule has 0 radical (unpaired) electrons. The molecule has 1 heterocycles. The summed E-state index contributed by atoms with van der Waals surface area (Å²) in [6, 6.07) is 96.9. The molecule has 0 unspecified atom stereocenters. The molecule has 0 aliphatic rings. The molecule has 0 saturated heterocycles. The highest BCUT2D eigenvalue weighted by atomic mass is 15.1. The Morgan fingerprint density at radius 2 is 0.712 bits per heavy atom. The maximum atomic E-state index is 2.45. The molecular weight excluding hydrogens is 797 g/mol. The minimum Gasteiger partial charge on any atom is -0.310 e. The van der Waals surface area contributed by atoms with Crippen LogP contribution in [0, 0.1) is 0 Å². The zero-order valence-electron chi connectivity index (χ0n) is 36.3. The van der Waals surface area contributed by atoms with E-state index in [1.54, 1.807) is 0 Å². The molecule has 66 heavy (non-hydrogen) atoms. The Labute approximate surface area is 385 Å². The van der Waals surface area contributed by atoms with Crippen LogP contribution in [-0.4, -0.2) is 4.57 Å². The summed E-state index contributed by atoms with van der Waals surface area (Å²) >= 11 is 0. The first-order valence-corrected chi connectivity index (χ1v) is 22.7. The molecule has 0 aliphatic heterocycles. The molecule has 0 fully saturated rings. The Morgan fingerprint density at radius 1 is 0.273 bits per heavy atom. The predicted molar refractivity (Wildman–Crippen MR) is 280 cm³/mol. The molecule has 0 bridgehead atoms. The lowest BCUT2D eigenvalue weighted by molar-refractivity contribution is 1.19. The number of aromatic nitrogens is 1. The third-order valence-corrected chi connectivity index (χ3v) is 12.9. The van der Waals surface area contributed by atoms with Crippen molar-refractivity contribution in [2.24, 2.45) is 0 Å². The summed E-state index contributed by atoms with van der Waals surface area (Å²) in [6.07, 6.45) is 0. The monoisotopic (exact) mass is 840 g/mol. The second-order valence-electron chi connectivity index (χ2n) is 16.9. The van der Waals surface area contributed by atoms with Crippen molar-refractivity contribution in [3.8, 4) is 61.3 Å². The Bertz CT molecular complexity index is 3590. The van der Waals surface area contributed by atoms with Gasteiger partial charge in [-0.1, -0.05) is 188 Å². The van der Waals surface area contributed by atoms with E-state index in [1.807, 2.05) is 0 Å². The molecular formula is C64H44N2. The molecule has 1 aromatic heterocycles. The highest BCUT2D eigenvalue weighted by Gasteiger charge is 2.21. The maximum absolute atomic E-state index is 2.45. The molecule has 2 heteroatoms. The van der Waals surface area contributed by atoms with Crippen molar-refractivity contribution < 1.29 is 0 Å². The van der Waals surface area contributed by atoms with Crippen LogP contribution in [0.15, 0.2) is 267 Å². The molecule has 0 saturated carbocycles. The quantitative estimate of drug-likeness (QED) is 0.141. The van der Waals surface area contributed by atoms with E-state index in [0.717, 1.165) is 33.9 Å². The number of fused-ring (bicyclic) bond motifs is 5. The van der Waals surface area contributed by atoms with Crippen molar-refractivity contribution in [3.63, 3.8) is 0 Å². The minimum absolute atomic E-state index is 1.08. The average Bonchev–Trinajstić information content (AvgIpc) is 3.76. The van der Waals surface area contributed by atoms with E-state index in [-0.39, 0.29) is 0 Å². The van der Waals surface area contributed by atoms with Crippen LogP contribution in [0.4, 0.5) is 17.1 Å². The summed E-state index contributed by atoms with van der Waals surface area (Å²) in [5, 5.41) is 4.93. The second-order valence-corrected chi connectivity index (χ2v) is 16.9. The Kier molecular flexibility index (Phi) is 9.89. The number of rotatable bonds is 9. The first-order valence-electron chi connectivity index (χ1n) is 22.7. The smallest absolute Gasteiger partial charge is 0.0625 e. The van der Waals surface area contributed by atoms with Gasteiger partial charge in [-0.3, -0.25) is 0 Å². The van der Waals surface area contributed by atoms with Crippen molar-refractivity contribution >= 4 is 49.6 Å². The molecule has 12 aromatic rings. The normalized spacial score (nSPS) is 11.3. The van der Waals surface area contributed by atoms with Crippen LogP contribution in [-0.2, 0) is 0 Å². The van der Waals surface area contributed by atoms with Gasteiger partial charge in [-0.25, -0.2) is 0 Å². The summed E-state index contributed by atoms with van der Waals surface area (Å²) in [6.45, 7) is 0. The van der Waals surface area contributed by atoms with Crippen LogP contribution in [0.1, 0.15) is 0 Å². The Hall–Kier alpha value is -8.72. The molecule has 11 aromatic carbocycles. The van der Waals surface area contributed by atoms with Gasteiger partial charge in [-0.2, -0.15) is 0 Å². The molecule has 0 N–H and O–H groups in total. The van der Waals surface area contributed by atoms with Gasteiger partial charge in [0, 0.05) is 38.9 Å². The Morgan fingerprint density at radius 3 is 1.29 bits per heavy atom. The lowest BCUT2D eigenvalue weighted by Gasteiger charge is -2.26. The molecule has 0 amide bonds. The van der Waals surface area contributed by atoms with Crippen molar-refractivity contribution in [1.82, 2.24) is 4.57 Å². The van der Waals surface area contributed by atoms with E-state index < -0.39 is 0 Å². The number of hydrogen-bond donors (Lipinski definition) is 0.